The first-order valence-electron chi connectivity index (χ1n) is 20.0. The minimum atomic E-state index is -0.00353. The maximum absolute atomic E-state index is 13.0. The first kappa shape index (κ1) is 39.4. The summed E-state index contributed by atoms with van der Waals surface area (Å²) in [4.78, 5) is 42.4. The van der Waals surface area contributed by atoms with E-state index in [4.69, 9.17) is 19.4 Å². The molecule has 0 aliphatic heterocycles. The van der Waals surface area contributed by atoms with E-state index in [9.17, 15) is 9.59 Å². The van der Waals surface area contributed by atoms with Crippen molar-refractivity contribution in [2.45, 2.75) is 91.9 Å². The molecule has 290 valence electrons. The Morgan fingerprint density at radius 1 is 0.630 bits per heavy atom. The van der Waals surface area contributed by atoms with E-state index < -0.39 is 0 Å². The molecule has 0 radical (unpaired) electrons. The Bertz CT molecular complexity index is 1680. The van der Waals surface area contributed by atoms with E-state index in [0.29, 0.717) is 52.4 Å². The molecule has 0 saturated heterocycles. The van der Waals surface area contributed by atoms with Crippen molar-refractivity contribution in [3.8, 4) is 33.6 Å². The summed E-state index contributed by atoms with van der Waals surface area (Å²) in [5, 5.41) is 6.34. The molecule has 2 heterocycles. The van der Waals surface area contributed by atoms with Crippen LogP contribution < -0.4 is 10.6 Å². The average molecular weight is 737 g/mol. The van der Waals surface area contributed by atoms with Crippen LogP contribution in [0.4, 0.5) is 0 Å². The molecular formula is C44H60N6O4. The number of imidazole rings is 2. The normalized spacial score (nSPS) is 16.7. The van der Waals surface area contributed by atoms with Gasteiger partial charge in [0.2, 0.25) is 11.8 Å². The second-order valence-electron chi connectivity index (χ2n) is 16.5. The Morgan fingerprint density at radius 2 is 0.981 bits per heavy atom. The van der Waals surface area contributed by atoms with Crippen LogP contribution in [-0.4, -0.2) is 71.3 Å². The number of aromatic amines is 2. The van der Waals surface area contributed by atoms with Gasteiger partial charge in [0, 0.05) is 61.8 Å². The zero-order chi connectivity index (χ0) is 38.3. The number of benzene rings is 2. The summed E-state index contributed by atoms with van der Waals surface area (Å²) < 4.78 is 11.3. The zero-order valence-corrected chi connectivity index (χ0v) is 33.1. The average Bonchev–Trinajstić information content (AvgIpc) is 4.01. The standard InChI is InChI=1S/C44H60N6O4/c1-7-53-27-43(17-18-43)25-47-39(51)21-35(29(3)4)41-45-23-37(49-41)33-13-9-31(10-14-33)32-11-15-34(16-12-32)38-24-46-42(50-38)36(30(5)6)22-40(52)48-26-44(19-20-44)28-54-8-2/h9-16,23-24,29-30,35-36H,7-8,17-22,25-28H2,1-6H3,(H,45,49)(H,46,50)(H,47,51)(H,48,52)/t35-,36-/m0/s1. The fourth-order valence-corrected chi connectivity index (χ4v) is 7.18. The number of amides is 2. The number of carbonyl (C=O) groups excluding carboxylic acids is 2. The minimum absolute atomic E-state index is 0.00353. The molecule has 2 aliphatic carbocycles. The molecule has 2 amide bonds. The largest absolute Gasteiger partial charge is 0.381 e. The smallest absolute Gasteiger partial charge is 0.220 e. The monoisotopic (exact) mass is 736 g/mol. The van der Waals surface area contributed by atoms with Gasteiger partial charge in [-0.15, -0.1) is 0 Å². The number of hydrogen-bond acceptors (Lipinski definition) is 6. The van der Waals surface area contributed by atoms with E-state index in [-0.39, 0.29) is 46.3 Å². The van der Waals surface area contributed by atoms with Gasteiger partial charge in [-0.05, 0) is 73.6 Å². The summed E-state index contributed by atoms with van der Waals surface area (Å²) in [5.74, 6) is 2.32. The molecule has 0 spiro atoms. The molecule has 10 heteroatoms. The van der Waals surface area contributed by atoms with E-state index in [0.717, 1.165) is 71.0 Å². The Hall–Kier alpha value is -4.28. The van der Waals surface area contributed by atoms with Gasteiger partial charge < -0.3 is 30.1 Å². The molecule has 54 heavy (non-hydrogen) atoms. The zero-order valence-electron chi connectivity index (χ0n) is 33.1. The molecule has 2 fully saturated rings. The predicted molar refractivity (Wildman–Crippen MR) is 214 cm³/mol. The molecular weight excluding hydrogens is 677 g/mol. The molecule has 2 aromatic carbocycles. The van der Waals surface area contributed by atoms with Gasteiger partial charge in [-0.25, -0.2) is 9.97 Å². The van der Waals surface area contributed by atoms with Crippen LogP contribution >= 0.6 is 0 Å². The number of nitrogens with zero attached hydrogens (tertiary/aromatic N) is 2. The molecule has 6 rings (SSSR count). The number of H-pyrrole nitrogens is 2. The third-order valence-corrected chi connectivity index (χ3v) is 11.5. The van der Waals surface area contributed by atoms with Crippen molar-refractivity contribution < 1.29 is 19.1 Å². The summed E-state index contributed by atoms with van der Waals surface area (Å²) in [5.41, 5.74) is 6.44. The van der Waals surface area contributed by atoms with Gasteiger partial charge in [-0.1, -0.05) is 76.2 Å². The van der Waals surface area contributed by atoms with Crippen molar-refractivity contribution in [2.24, 2.45) is 22.7 Å². The third-order valence-electron chi connectivity index (χ3n) is 11.5. The molecule has 0 unspecified atom stereocenters. The second kappa shape index (κ2) is 17.5. The van der Waals surface area contributed by atoms with Crippen molar-refractivity contribution in [3.05, 3.63) is 72.6 Å². The quantitative estimate of drug-likeness (QED) is 0.0681. The van der Waals surface area contributed by atoms with Crippen molar-refractivity contribution in [1.29, 1.82) is 0 Å². The molecule has 2 aliphatic rings. The fourth-order valence-electron chi connectivity index (χ4n) is 7.18. The van der Waals surface area contributed by atoms with Crippen molar-refractivity contribution >= 4 is 11.8 Å². The van der Waals surface area contributed by atoms with Gasteiger partial charge in [0.1, 0.15) is 11.6 Å². The van der Waals surface area contributed by atoms with E-state index in [1.165, 1.54) is 0 Å². The summed E-state index contributed by atoms with van der Waals surface area (Å²) in [7, 11) is 0. The number of ether oxygens (including phenoxy) is 2. The molecule has 4 aromatic rings. The van der Waals surface area contributed by atoms with Gasteiger partial charge in [0.15, 0.2) is 0 Å². The molecule has 10 nitrogen and oxygen atoms in total. The number of carbonyl (C=O) groups is 2. The number of rotatable bonds is 21. The highest BCUT2D eigenvalue weighted by Crippen LogP contribution is 2.46. The first-order chi connectivity index (χ1) is 26.0. The molecule has 2 atom stereocenters. The lowest BCUT2D eigenvalue weighted by molar-refractivity contribution is -0.123. The van der Waals surface area contributed by atoms with Crippen LogP contribution in [0.2, 0.25) is 0 Å². The number of aromatic nitrogens is 4. The molecule has 2 aromatic heterocycles. The van der Waals surface area contributed by atoms with Gasteiger partial charge in [-0.3, -0.25) is 9.59 Å². The fraction of sp³-hybridized carbons (Fsp3) is 0.545. The Balaban J connectivity index is 1.04. The minimum Gasteiger partial charge on any atom is -0.381 e. The number of nitrogens with one attached hydrogen (secondary N) is 4. The van der Waals surface area contributed by atoms with Gasteiger partial charge in [0.05, 0.1) is 37.0 Å². The van der Waals surface area contributed by atoms with E-state index in [1.54, 1.807) is 0 Å². The van der Waals surface area contributed by atoms with E-state index in [2.05, 4.69) is 96.8 Å². The van der Waals surface area contributed by atoms with Crippen LogP contribution in [0.15, 0.2) is 60.9 Å². The van der Waals surface area contributed by atoms with Crippen LogP contribution in [0.1, 0.15) is 104 Å². The van der Waals surface area contributed by atoms with Crippen molar-refractivity contribution in [1.82, 2.24) is 30.6 Å². The number of hydrogen-bond donors (Lipinski definition) is 4. The van der Waals surface area contributed by atoms with Crippen LogP contribution in [0.25, 0.3) is 33.6 Å². The third kappa shape index (κ3) is 10.1. The van der Waals surface area contributed by atoms with Crippen LogP contribution in [0.3, 0.4) is 0 Å². The highest BCUT2D eigenvalue weighted by molar-refractivity contribution is 5.77. The molecule has 0 bridgehead atoms. The summed E-state index contributed by atoms with van der Waals surface area (Å²) in [6.07, 6.45) is 8.98. The Labute approximate surface area is 321 Å². The summed E-state index contributed by atoms with van der Waals surface area (Å²) in [6.45, 7) is 16.8. The Morgan fingerprint density at radius 3 is 1.30 bits per heavy atom. The Kier molecular flexibility index (Phi) is 12.7. The van der Waals surface area contributed by atoms with Gasteiger partial charge >= 0.3 is 0 Å². The van der Waals surface area contributed by atoms with E-state index >= 15 is 0 Å². The summed E-state index contributed by atoms with van der Waals surface area (Å²) >= 11 is 0. The predicted octanol–water partition coefficient (Wildman–Crippen LogP) is 8.26. The van der Waals surface area contributed by atoms with Gasteiger partial charge in [-0.2, -0.15) is 0 Å². The highest BCUT2D eigenvalue weighted by atomic mass is 16.5. The van der Waals surface area contributed by atoms with Gasteiger partial charge in [0.25, 0.3) is 0 Å². The lowest BCUT2D eigenvalue weighted by atomic mass is 9.91. The molecule has 2 saturated carbocycles. The second-order valence-corrected chi connectivity index (χ2v) is 16.5. The van der Waals surface area contributed by atoms with Crippen molar-refractivity contribution in [3.63, 3.8) is 0 Å². The SMILES string of the molecule is CCOCC1(CNC(=O)C[C@H](c2ncc(-c3ccc(-c4ccc(-c5cnc([C@@H](CC(=O)NCC6(COCC)CC6)C(C)C)[nH]5)cc4)cc3)[nH]2)C(C)C)CC1. The van der Waals surface area contributed by atoms with Crippen LogP contribution in [0, 0.1) is 22.7 Å². The maximum atomic E-state index is 13.0. The van der Waals surface area contributed by atoms with Crippen LogP contribution in [-0.2, 0) is 19.1 Å². The maximum Gasteiger partial charge on any atom is 0.220 e. The van der Waals surface area contributed by atoms with Crippen molar-refractivity contribution in [2.75, 3.05) is 39.5 Å². The lowest BCUT2D eigenvalue weighted by Crippen LogP contribution is -2.33. The topological polar surface area (TPSA) is 134 Å². The highest BCUT2D eigenvalue weighted by Gasteiger charge is 2.44. The first-order valence-corrected chi connectivity index (χ1v) is 20.0. The summed E-state index contributed by atoms with van der Waals surface area (Å²) in [6, 6.07) is 16.9. The molecule has 4 N–H and O–H groups in total. The van der Waals surface area contributed by atoms with Crippen LogP contribution in [0.5, 0.6) is 0 Å². The lowest BCUT2D eigenvalue weighted by Gasteiger charge is -2.20. The van der Waals surface area contributed by atoms with E-state index in [1.807, 2.05) is 26.2 Å².